The van der Waals surface area contributed by atoms with Crippen LogP contribution in [0.15, 0.2) is 71.9 Å². The Labute approximate surface area is 266 Å². The number of ether oxygens (including phenoxy) is 2. The number of nitrogens with zero attached hydrogens (tertiary/aromatic N) is 3. The second kappa shape index (κ2) is 15.7. The van der Waals surface area contributed by atoms with Crippen molar-refractivity contribution in [2.24, 2.45) is 13.0 Å². The number of methoxy groups -OCH3 is 2. The Bertz CT molecular complexity index is 1600. The predicted molar refractivity (Wildman–Crippen MR) is 180 cm³/mol. The van der Waals surface area contributed by atoms with Gasteiger partial charge in [-0.05, 0) is 54.0 Å². The van der Waals surface area contributed by atoms with Gasteiger partial charge in [-0.2, -0.15) is 0 Å². The Morgan fingerprint density at radius 1 is 0.911 bits per heavy atom. The summed E-state index contributed by atoms with van der Waals surface area (Å²) in [6.45, 7) is 2.80. The maximum absolute atomic E-state index is 12.7. The zero-order valence-electron chi connectivity index (χ0n) is 26.9. The fourth-order valence-electron chi connectivity index (χ4n) is 6.26. The van der Waals surface area contributed by atoms with E-state index in [4.69, 9.17) is 9.47 Å². The molecule has 238 valence electrons. The van der Waals surface area contributed by atoms with Gasteiger partial charge < -0.3 is 19.4 Å². The van der Waals surface area contributed by atoms with Gasteiger partial charge in [0.1, 0.15) is 11.5 Å². The lowest BCUT2D eigenvalue weighted by atomic mass is 9.96. The normalized spacial score (nSPS) is 13.5. The van der Waals surface area contributed by atoms with Gasteiger partial charge in [0.15, 0.2) is 0 Å². The van der Waals surface area contributed by atoms with E-state index < -0.39 is 0 Å². The average Bonchev–Trinajstić information content (AvgIpc) is 3.05. The van der Waals surface area contributed by atoms with Crippen LogP contribution >= 0.6 is 0 Å². The monoisotopic (exact) mass is 610 g/mol. The quantitative estimate of drug-likeness (QED) is 0.154. The summed E-state index contributed by atoms with van der Waals surface area (Å²) in [4.78, 5) is 31.8. The number of unbranched alkanes of at least 4 members (excludes halogenated alkanes) is 6. The Morgan fingerprint density at radius 3 is 2.27 bits per heavy atom. The summed E-state index contributed by atoms with van der Waals surface area (Å²) < 4.78 is 13.2. The number of fused-ring (bicyclic) bond motifs is 1. The number of carbonyl (C=O) groups is 1. The summed E-state index contributed by atoms with van der Waals surface area (Å²) in [5, 5.41) is 4.54. The van der Waals surface area contributed by atoms with Gasteiger partial charge in [-0.1, -0.05) is 62.4 Å². The Morgan fingerprint density at radius 2 is 1.58 bits per heavy atom. The van der Waals surface area contributed by atoms with Crippen molar-refractivity contribution in [2.45, 2.75) is 57.9 Å². The molecule has 8 nitrogen and oxygen atoms in total. The van der Waals surface area contributed by atoms with E-state index in [1.165, 1.54) is 44.1 Å². The number of aromatic nitrogens is 2. The molecule has 1 fully saturated rings. The van der Waals surface area contributed by atoms with E-state index in [9.17, 15) is 9.59 Å². The highest BCUT2D eigenvalue weighted by Gasteiger charge is 2.33. The molecular formula is C37H46N4O4. The number of rotatable bonds is 16. The summed E-state index contributed by atoms with van der Waals surface area (Å²) in [6, 6.07) is 16.6. The van der Waals surface area contributed by atoms with Crippen molar-refractivity contribution >= 4 is 16.7 Å². The fraction of sp³-hybridized carbons (Fsp3) is 0.432. The van der Waals surface area contributed by atoms with E-state index in [1.807, 2.05) is 24.4 Å². The first kappa shape index (κ1) is 32.2. The van der Waals surface area contributed by atoms with Crippen LogP contribution in [0.3, 0.4) is 0 Å². The van der Waals surface area contributed by atoms with Crippen molar-refractivity contribution < 1.29 is 14.3 Å². The Kier molecular flexibility index (Phi) is 11.3. The molecule has 0 saturated carbocycles. The van der Waals surface area contributed by atoms with E-state index >= 15 is 0 Å². The van der Waals surface area contributed by atoms with Gasteiger partial charge in [0.2, 0.25) is 5.91 Å². The van der Waals surface area contributed by atoms with Crippen molar-refractivity contribution in [2.75, 3.05) is 33.9 Å². The van der Waals surface area contributed by atoms with E-state index in [0.717, 1.165) is 41.5 Å². The van der Waals surface area contributed by atoms with Crippen LogP contribution in [0.5, 0.6) is 11.5 Å². The zero-order chi connectivity index (χ0) is 31.6. The smallest absolute Gasteiger partial charge is 0.259 e. The molecule has 0 radical (unpaired) electrons. The summed E-state index contributed by atoms with van der Waals surface area (Å²) in [5.41, 5.74) is 4.08. The topological polar surface area (TPSA) is 85.7 Å². The molecule has 1 N–H and O–H groups in total. The van der Waals surface area contributed by atoms with Gasteiger partial charge in [0.25, 0.3) is 5.56 Å². The molecule has 0 atom stereocenters. The third-order valence-electron chi connectivity index (χ3n) is 8.90. The Balaban J connectivity index is 1.06. The van der Waals surface area contributed by atoms with Crippen molar-refractivity contribution in [1.29, 1.82) is 0 Å². The largest absolute Gasteiger partial charge is 0.496 e. The summed E-state index contributed by atoms with van der Waals surface area (Å²) in [5.74, 6) is 1.59. The molecule has 1 aliphatic heterocycles. The Hall–Kier alpha value is -4.17. The fourth-order valence-corrected chi connectivity index (χ4v) is 6.26. The lowest BCUT2D eigenvalue weighted by Gasteiger charge is -2.38. The van der Waals surface area contributed by atoms with Crippen LogP contribution in [-0.4, -0.2) is 54.2 Å². The molecule has 2 aromatic heterocycles. The van der Waals surface area contributed by atoms with E-state index in [0.29, 0.717) is 36.5 Å². The van der Waals surface area contributed by atoms with Gasteiger partial charge in [0, 0.05) is 57.4 Å². The van der Waals surface area contributed by atoms with Gasteiger partial charge >= 0.3 is 0 Å². The third kappa shape index (κ3) is 8.11. The van der Waals surface area contributed by atoms with Crippen LogP contribution in [0, 0.1) is 5.92 Å². The lowest BCUT2D eigenvalue weighted by molar-refractivity contribution is -0.130. The standard InChI is InChI=1S/C37H46N4O4/c1-40-25-32(30-17-19-38-22-31(30)37(40)43)28-20-34(44-2)33(35(21-28)45-3)26-41-23-29(24-41)36(42)39-18-13-8-6-4-5-7-10-14-27-15-11-9-12-16-27/h9,11-12,15-17,19-22,25,29H,4-8,10,13-14,18,23-24,26H2,1-3H3,(H,39,42). The van der Waals surface area contributed by atoms with Crippen molar-refractivity contribution in [3.8, 4) is 22.6 Å². The van der Waals surface area contributed by atoms with Gasteiger partial charge in [-0.15, -0.1) is 0 Å². The molecule has 1 saturated heterocycles. The van der Waals surface area contributed by atoms with Gasteiger partial charge in [0.05, 0.1) is 31.1 Å². The highest BCUT2D eigenvalue weighted by Crippen LogP contribution is 2.38. The molecule has 2 aromatic carbocycles. The number of pyridine rings is 2. The third-order valence-corrected chi connectivity index (χ3v) is 8.90. The first-order valence-electron chi connectivity index (χ1n) is 16.2. The average molecular weight is 611 g/mol. The van der Waals surface area contributed by atoms with E-state index in [2.05, 4.69) is 45.5 Å². The number of nitrogens with one attached hydrogen (secondary N) is 1. The van der Waals surface area contributed by atoms with Crippen molar-refractivity contribution in [1.82, 2.24) is 19.8 Å². The highest BCUT2D eigenvalue weighted by molar-refractivity contribution is 5.95. The number of aryl methyl sites for hydroxylation is 2. The molecule has 1 amide bonds. The highest BCUT2D eigenvalue weighted by atomic mass is 16.5. The molecule has 0 bridgehead atoms. The molecule has 8 heteroatoms. The minimum atomic E-state index is -0.0884. The molecule has 4 aromatic rings. The molecule has 5 rings (SSSR count). The van der Waals surface area contributed by atoms with E-state index in [1.54, 1.807) is 38.2 Å². The van der Waals surface area contributed by atoms with Crippen molar-refractivity contribution in [3.05, 3.63) is 88.6 Å². The molecule has 0 unspecified atom stereocenters. The molecule has 45 heavy (non-hydrogen) atoms. The minimum absolute atomic E-state index is 0.0106. The maximum Gasteiger partial charge on any atom is 0.259 e. The second-order valence-electron chi connectivity index (χ2n) is 12.1. The first-order valence-corrected chi connectivity index (χ1v) is 16.2. The van der Waals surface area contributed by atoms with Crippen LogP contribution in [0.4, 0.5) is 0 Å². The van der Waals surface area contributed by atoms with Crippen LogP contribution in [0.25, 0.3) is 21.9 Å². The second-order valence-corrected chi connectivity index (χ2v) is 12.1. The number of amides is 1. The number of benzene rings is 2. The van der Waals surface area contributed by atoms with Crippen LogP contribution in [0.2, 0.25) is 0 Å². The number of likely N-dealkylation sites (tertiary alicyclic amines) is 1. The summed E-state index contributed by atoms with van der Waals surface area (Å²) in [7, 11) is 5.06. The van der Waals surface area contributed by atoms with Crippen LogP contribution in [-0.2, 0) is 24.8 Å². The molecule has 0 spiro atoms. The number of hydrogen-bond donors (Lipinski definition) is 1. The SMILES string of the molecule is COc1cc(-c2cn(C)c(=O)c3cnccc23)cc(OC)c1CN1CC(C(=O)NCCCCCCCCCc2ccccc2)C1. The summed E-state index contributed by atoms with van der Waals surface area (Å²) in [6.07, 6.45) is 14.9. The van der Waals surface area contributed by atoms with Gasteiger partial charge in [-0.25, -0.2) is 0 Å². The number of hydrogen-bond acceptors (Lipinski definition) is 6. The predicted octanol–water partition coefficient (Wildman–Crippen LogP) is 6.14. The summed E-state index contributed by atoms with van der Waals surface area (Å²) >= 11 is 0. The maximum atomic E-state index is 12.7. The molecule has 0 aliphatic carbocycles. The molecular weight excluding hydrogens is 564 g/mol. The van der Waals surface area contributed by atoms with Crippen LogP contribution in [0.1, 0.15) is 56.1 Å². The molecule has 1 aliphatic rings. The molecule has 3 heterocycles. The number of carbonyl (C=O) groups excluding carboxylic acids is 1. The first-order chi connectivity index (χ1) is 22.0. The van der Waals surface area contributed by atoms with Crippen molar-refractivity contribution in [3.63, 3.8) is 0 Å². The minimum Gasteiger partial charge on any atom is -0.496 e. The lowest BCUT2D eigenvalue weighted by Crippen LogP contribution is -2.53. The van der Waals surface area contributed by atoms with Gasteiger partial charge in [-0.3, -0.25) is 19.5 Å². The zero-order valence-corrected chi connectivity index (χ0v) is 26.9. The van der Waals surface area contributed by atoms with E-state index in [-0.39, 0.29) is 17.4 Å². The van der Waals surface area contributed by atoms with Crippen LogP contribution < -0.4 is 20.3 Å².